The van der Waals surface area contributed by atoms with Crippen LogP contribution < -0.4 is 26.6 Å². The minimum Gasteiger partial charge on any atom is -0.480 e. The third kappa shape index (κ3) is 7.89. The summed E-state index contributed by atoms with van der Waals surface area (Å²) in [4.78, 5) is 62.3. The highest BCUT2D eigenvalue weighted by Gasteiger charge is 2.48. The summed E-state index contributed by atoms with van der Waals surface area (Å²) in [7, 11) is -4.04. The van der Waals surface area contributed by atoms with Gasteiger partial charge in [0.25, 0.3) is 5.91 Å². The van der Waals surface area contributed by atoms with Gasteiger partial charge in [0.2, 0.25) is 33.8 Å². The first-order valence-electron chi connectivity index (χ1n) is 16.7. The molecular formula is C33H41N9O7S. The molecular weight excluding hydrogens is 666 g/mol. The maximum Gasteiger partial charge on any atom is 0.328 e. The first-order chi connectivity index (χ1) is 24.1. The number of carboxylic acids is 1. The Bertz CT molecular complexity index is 1790. The fraction of sp³-hybridized carbons (Fsp3) is 0.455. The van der Waals surface area contributed by atoms with Crippen molar-refractivity contribution in [2.24, 2.45) is 21.8 Å². The van der Waals surface area contributed by atoms with Crippen molar-refractivity contribution in [1.29, 1.82) is 0 Å². The van der Waals surface area contributed by atoms with Gasteiger partial charge in [-0.2, -0.15) is 4.31 Å². The van der Waals surface area contributed by atoms with Gasteiger partial charge in [0, 0.05) is 37.4 Å². The number of aliphatic imine (C=N–C) groups is 2. The molecule has 17 heteroatoms. The maximum absolute atomic E-state index is 13.7. The maximum atomic E-state index is 13.7. The van der Waals surface area contributed by atoms with Gasteiger partial charge >= 0.3 is 5.97 Å². The fourth-order valence-corrected chi connectivity index (χ4v) is 8.65. The quantitative estimate of drug-likeness (QED) is 0.184. The molecule has 16 nitrogen and oxygen atoms in total. The van der Waals surface area contributed by atoms with E-state index in [1.54, 1.807) is 42.5 Å². The number of fused-ring (bicyclic) bond motifs is 2. The molecule has 3 aliphatic heterocycles. The predicted molar refractivity (Wildman–Crippen MR) is 184 cm³/mol. The third-order valence-corrected chi connectivity index (χ3v) is 11.2. The smallest absolute Gasteiger partial charge is 0.328 e. The monoisotopic (exact) mass is 707 g/mol. The second-order valence-electron chi connectivity index (χ2n) is 12.7. The zero-order valence-electron chi connectivity index (χ0n) is 27.4. The number of aliphatic carboxylic acids is 1. The molecule has 1 aliphatic carbocycles. The van der Waals surface area contributed by atoms with Crippen LogP contribution in [0.5, 0.6) is 0 Å². The van der Waals surface area contributed by atoms with Crippen LogP contribution in [-0.4, -0.2) is 116 Å². The first kappa shape index (κ1) is 34.8. The Morgan fingerprint density at radius 1 is 1.00 bits per heavy atom. The number of hydrogen-bond acceptors (Lipinski definition) is 11. The summed E-state index contributed by atoms with van der Waals surface area (Å²) >= 11 is 0. The Morgan fingerprint density at radius 2 is 1.82 bits per heavy atom. The summed E-state index contributed by atoms with van der Waals surface area (Å²) in [6.45, 7) is 1.97. The van der Waals surface area contributed by atoms with Gasteiger partial charge in [-0.3, -0.25) is 29.3 Å². The summed E-state index contributed by atoms with van der Waals surface area (Å²) in [5, 5.41) is 23.8. The Morgan fingerprint density at radius 3 is 2.58 bits per heavy atom. The van der Waals surface area contributed by atoms with Crippen LogP contribution in [0.1, 0.15) is 36.0 Å². The molecule has 0 radical (unpaired) electrons. The number of amides is 3. The van der Waals surface area contributed by atoms with Crippen molar-refractivity contribution in [3.63, 3.8) is 0 Å². The lowest BCUT2D eigenvalue weighted by Crippen LogP contribution is -2.61. The number of anilines is 1. The average Bonchev–Trinajstić information content (AvgIpc) is 3.82. The van der Waals surface area contributed by atoms with Crippen LogP contribution in [0.4, 0.5) is 5.69 Å². The van der Waals surface area contributed by atoms with E-state index in [2.05, 4.69) is 36.6 Å². The minimum absolute atomic E-state index is 0.0621. The molecule has 2 aromatic carbocycles. The van der Waals surface area contributed by atoms with E-state index in [-0.39, 0.29) is 28.8 Å². The van der Waals surface area contributed by atoms with E-state index in [1.165, 1.54) is 16.4 Å². The summed E-state index contributed by atoms with van der Waals surface area (Å²) in [5.41, 5.74) is 0.899. The van der Waals surface area contributed by atoms with Crippen molar-refractivity contribution in [2.75, 3.05) is 51.1 Å². The molecule has 6 rings (SSSR count). The molecule has 0 spiro atoms. The highest BCUT2D eigenvalue weighted by atomic mass is 32.2. The molecule has 4 aliphatic rings. The number of nitrogens with zero attached hydrogens (tertiary/aromatic N) is 4. The molecule has 1 saturated heterocycles. The van der Waals surface area contributed by atoms with Crippen LogP contribution in [-0.2, 0) is 24.4 Å². The molecule has 3 heterocycles. The van der Waals surface area contributed by atoms with Crippen molar-refractivity contribution < 1.29 is 32.7 Å². The largest absolute Gasteiger partial charge is 0.480 e. The summed E-state index contributed by atoms with van der Waals surface area (Å²) in [6.07, 6.45) is 3.03. The summed E-state index contributed by atoms with van der Waals surface area (Å²) in [6, 6.07) is 11.9. The van der Waals surface area contributed by atoms with Crippen LogP contribution in [0.25, 0.3) is 0 Å². The fourth-order valence-electron chi connectivity index (χ4n) is 6.90. The summed E-state index contributed by atoms with van der Waals surface area (Å²) < 4.78 is 28.6. The van der Waals surface area contributed by atoms with Crippen molar-refractivity contribution >= 4 is 51.3 Å². The van der Waals surface area contributed by atoms with Gasteiger partial charge in [0.15, 0.2) is 0 Å². The number of carbonyl (C=O) groups is 4. The minimum atomic E-state index is -4.04. The molecule has 3 amide bonds. The highest BCUT2D eigenvalue weighted by molar-refractivity contribution is 7.89. The number of nitrogens with one attached hydrogen (secondary N) is 5. The van der Waals surface area contributed by atoms with E-state index in [4.69, 9.17) is 0 Å². The van der Waals surface area contributed by atoms with Gasteiger partial charge in [0.05, 0.1) is 24.5 Å². The van der Waals surface area contributed by atoms with Crippen molar-refractivity contribution in [3.8, 4) is 0 Å². The number of benzene rings is 2. The number of hydrogen-bond donors (Lipinski definition) is 6. The average molecular weight is 708 g/mol. The third-order valence-electron chi connectivity index (χ3n) is 9.30. The van der Waals surface area contributed by atoms with E-state index >= 15 is 0 Å². The second kappa shape index (κ2) is 15.2. The summed E-state index contributed by atoms with van der Waals surface area (Å²) in [5.74, 6) is -2.13. The van der Waals surface area contributed by atoms with E-state index in [0.717, 1.165) is 25.3 Å². The van der Waals surface area contributed by atoms with Gasteiger partial charge < -0.3 is 31.7 Å². The molecule has 2 bridgehead atoms. The number of sulfonamides is 1. The van der Waals surface area contributed by atoms with Crippen molar-refractivity contribution in [1.82, 2.24) is 30.5 Å². The highest BCUT2D eigenvalue weighted by Crippen LogP contribution is 2.40. The zero-order valence-corrected chi connectivity index (χ0v) is 28.2. The van der Waals surface area contributed by atoms with Crippen LogP contribution in [0.2, 0.25) is 0 Å². The number of carboxylic acid groups (broad SMARTS) is 1. The normalized spacial score (nSPS) is 22.4. The van der Waals surface area contributed by atoms with Gasteiger partial charge in [-0.25, -0.2) is 13.2 Å². The Kier molecular flexibility index (Phi) is 10.6. The zero-order chi connectivity index (χ0) is 35.3. The standard InChI is InChI=1S/C33H41N9O7S/c43-27(19-38-29(44)23-8-5-9-24(17-23)39-33-36-14-15-41(33)32-34-12-13-35-32)37-18-26(31(46)47)40-30(45)28-22-7-4-6-21(16-22)20-42(28)50(48,49)25-10-2-1-3-11-25/h1-3,5,8-11,17,21-22,26,28H,4,6-7,12-16,18-20H2,(H,34,35)(H,36,39)(H,37,43)(H,38,44)(H,40,45)(H,46,47)/t21?,22?,26-,28-/m1/s1. The molecule has 2 fully saturated rings. The van der Waals surface area contributed by atoms with Crippen molar-refractivity contribution in [2.45, 2.75) is 42.7 Å². The molecule has 1 saturated carbocycles. The SMILES string of the molecule is O=C(CNC(=O)c1cccc(NC2=NCCN2C2=NCCN2)c1)NC[C@@H](NC(=O)[C@H]1C2CCCC(C2)CN1S(=O)(=O)c1ccccc1)C(=O)O. The van der Waals surface area contributed by atoms with E-state index in [9.17, 15) is 32.7 Å². The lowest BCUT2D eigenvalue weighted by atomic mass is 9.74. The molecule has 266 valence electrons. The second-order valence-corrected chi connectivity index (χ2v) is 14.6. The van der Waals surface area contributed by atoms with Gasteiger partial charge in [-0.1, -0.05) is 30.7 Å². The molecule has 4 atom stereocenters. The van der Waals surface area contributed by atoms with Gasteiger partial charge in [-0.15, -0.1) is 0 Å². The molecule has 50 heavy (non-hydrogen) atoms. The first-order valence-corrected chi connectivity index (χ1v) is 18.2. The lowest BCUT2D eigenvalue weighted by molar-refractivity contribution is -0.143. The Balaban J connectivity index is 1.03. The van der Waals surface area contributed by atoms with Crippen LogP contribution in [0.3, 0.4) is 0 Å². The molecule has 6 N–H and O–H groups in total. The van der Waals surface area contributed by atoms with Gasteiger partial charge in [0.1, 0.15) is 12.1 Å². The number of carbonyl (C=O) groups excluding carboxylic acids is 3. The molecule has 2 aromatic rings. The Hall–Kier alpha value is -5.03. The van der Waals surface area contributed by atoms with Crippen LogP contribution in [0.15, 0.2) is 69.5 Å². The lowest BCUT2D eigenvalue weighted by Gasteiger charge is -2.46. The van der Waals surface area contributed by atoms with Crippen LogP contribution >= 0.6 is 0 Å². The van der Waals surface area contributed by atoms with E-state index in [0.29, 0.717) is 44.1 Å². The van der Waals surface area contributed by atoms with Crippen LogP contribution in [0, 0.1) is 11.8 Å². The van der Waals surface area contributed by atoms with Gasteiger partial charge in [-0.05, 0) is 61.4 Å². The van der Waals surface area contributed by atoms with E-state index in [1.807, 2.05) is 4.90 Å². The number of rotatable bonds is 11. The predicted octanol–water partition coefficient (Wildman–Crippen LogP) is 0.0242. The van der Waals surface area contributed by atoms with Crippen molar-refractivity contribution in [3.05, 3.63) is 60.2 Å². The van der Waals surface area contributed by atoms with E-state index < -0.39 is 58.9 Å². The molecule has 0 aromatic heterocycles. The molecule has 2 unspecified atom stereocenters. The number of piperidine rings is 1. The topological polar surface area (TPSA) is 214 Å². The Labute approximate surface area is 289 Å². The number of guanidine groups is 2.